The Balaban J connectivity index is 1.35. The maximum atomic E-state index is 15.0. The number of nitrogens with zero attached hydrogens (tertiary/aromatic N) is 3. The lowest BCUT2D eigenvalue weighted by molar-refractivity contribution is -0.137. The smallest absolute Gasteiger partial charge is 0.417 e. The van der Waals surface area contributed by atoms with Gasteiger partial charge in [-0.3, -0.25) is 0 Å². The van der Waals surface area contributed by atoms with Crippen LogP contribution in [0.2, 0.25) is 0 Å². The first kappa shape index (κ1) is 33.4. The Bertz CT molecular complexity index is 3810. The molecule has 5 nitrogen and oxygen atoms in total. The van der Waals surface area contributed by atoms with Crippen molar-refractivity contribution in [1.82, 2.24) is 9.13 Å². The molecule has 0 unspecified atom stereocenters. The van der Waals surface area contributed by atoms with E-state index in [2.05, 4.69) is 33.4 Å². The molecule has 0 N–H and O–H groups in total. The van der Waals surface area contributed by atoms with Crippen LogP contribution in [0.15, 0.2) is 160 Å². The summed E-state index contributed by atoms with van der Waals surface area (Å²) in [4.78, 5) is 0. The van der Waals surface area contributed by atoms with E-state index < -0.39 is 11.7 Å². The molecule has 12 aromatic rings. The van der Waals surface area contributed by atoms with E-state index >= 15 is 13.2 Å². The third-order valence-electron chi connectivity index (χ3n) is 11.9. The summed E-state index contributed by atoms with van der Waals surface area (Å²) in [7, 11) is 0. The normalized spacial score (nSPS) is 12.4. The number of rotatable bonds is 3. The van der Waals surface area contributed by atoms with Crippen LogP contribution in [0.5, 0.6) is 0 Å². The minimum Gasteiger partial charge on any atom is -0.456 e. The van der Waals surface area contributed by atoms with Gasteiger partial charge >= 0.3 is 6.18 Å². The van der Waals surface area contributed by atoms with Crippen LogP contribution in [-0.4, -0.2) is 9.13 Å². The number of para-hydroxylation sites is 4. The van der Waals surface area contributed by atoms with Crippen molar-refractivity contribution in [2.75, 3.05) is 0 Å². The highest BCUT2D eigenvalue weighted by atomic mass is 19.4. The SMILES string of the molecule is Cc1cccc(C(F)(F)F)c1-c1cc(-n2c3ccccc3c3ccc4oc5ccccc5c4c32)c(-n2c3ccccc3c3ccc4oc5ccccc5c4c32)cc1C#N. The Kier molecular flexibility index (Phi) is 6.73. The molecule has 0 aliphatic carbocycles. The zero-order valence-corrected chi connectivity index (χ0v) is 31.2. The highest BCUT2D eigenvalue weighted by Gasteiger charge is 2.35. The summed E-state index contributed by atoms with van der Waals surface area (Å²) in [6.07, 6.45) is -4.68. The van der Waals surface area contributed by atoms with Gasteiger partial charge in [-0.15, -0.1) is 0 Å². The van der Waals surface area contributed by atoms with Crippen LogP contribution in [0.3, 0.4) is 0 Å². The number of hydrogen-bond acceptors (Lipinski definition) is 3. The summed E-state index contributed by atoms with van der Waals surface area (Å²) in [6.45, 7) is 1.66. The van der Waals surface area contributed by atoms with Crippen molar-refractivity contribution in [3.05, 3.63) is 168 Å². The highest BCUT2D eigenvalue weighted by molar-refractivity contribution is 6.26. The van der Waals surface area contributed by atoms with Crippen LogP contribution in [0, 0.1) is 18.3 Å². The zero-order chi connectivity index (χ0) is 39.7. The van der Waals surface area contributed by atoms with Gasteiger partial charge in [0.2, 0.25) is 0 Å². The van der Waals surface area contributed by atoms with Gasteiger partial charge in [0.1, 0.15) is 22.3 Å². The van der Waals surface area contributed by atoms with Gasteiger partial charge in [0, 0.05) is 37.9 Å². The van der Waals surface area contributed by atoms with E-state index in [-0.39, 0.29) is 16.7 Å². The molecular formula is C51H28F3N3O2. The van der Waals surface area contributed by atoms with Crippen molar-refractivity contribution < 1.29 is 22.0 Å². The fraction of sp³-hybridized carbons (Fsp3) is 0.0392. The Labute approximate surface area is 332 Å². The Morgan fingerprint density at radius 2 is 1.00 bits per heavy atom. The Morgan fingerprint density at radius 1 is 0.508 bits per heavy atom. The molecule has 0 radical (unpaired) electrons. The molecular weight excluding hydrogens is 744 g/mol. The molecule has 0 fully saturated rings. The van der Waals surface area contributed by atoms with Crippen LogP contribution >= 0.6 is 0 Å². The standard InChI is InChI=1S/C51H28F3N3O2/c1-28-11-10-16-37(51(52,53)54)46(28)36-26-41(57-39-18-7-3-13-31(39)33-22-24-45-48(50(33)57)35-15-5-9-20-43(35)59-45)40(25-29(36)27-55)56-38-17-6-2-12-30(38)32-21-23-44-47(49(32)56)34-14-4-8-19-42(34)58-44/h2-26H,1H3. The van der Waals surface area contributed by atoms with Crippen molar-refractivity contribution >= 4 is 87.5 Å². The molecule has 4 heterocycles. The van der Waals surface area contributed by atoms with E-state index in [9.17, 15) is 5.26 Å². The predicted octanol–water partition coefficient (Wildman–Crippen LogP) is 14.5. The van der Waals surface area contributed by atoms with Crippen LogP contribution in [0.4, 0.5) is 13.2 Å². The van der Waals surface area contributed by atoms with Crippen molar-refractivity contribution in [3.63, 3.8) is 0 Å². The van der Waals surface area contributed by atoms with Gasteiger partial charge in [0.05, 0.1) is 61.4 Å². The predicted molar refractivity (Wildman–Crippen MR) is 230 cm³/mol. The van der Waals surface area contributed by atoms with Gasteiger partial charge in [0.15, 0.2) is 0 Å². The molecule has 4 aromatic heterocycles. The third-order valence-corrected chi connectivity index (χ3v) is 11.9. The van der Waals surface area contributed by atoms with E-state index in [4.69, 9.17) is 8.83 Å². The molecule has 8 aromatic carbocycles. The quantitative estimate of drug-likeness (QED) is 0.180. The zero-order valence-electron chi connectivity index (χ0n) is 31.2. The van der Waals surface area contributed by atoms with Crippen molar-refractivity contribution in [3.8, 4) is 28.6 Å². The molecule has 8 heteroatoms. The number of aryl methyl sites for hydroxylation is 1. The molecule has 280 valence electrons. The molecule has 0 atom stereocenters. The van der Waals surface area contributed by atoms with Crippen LogP contribution in [0.25, 0.3) is 110 Å². The number of furan rings is 2. The number of aromatic nitrogens is 2. The van der Waals surface area contributed by atoms with Gasteiger partial charge in [-0.2, -0.15) is 18.4 Å². The summed E-state index contributed by atoms with van der Waals surface area (Å²) in [5, 5.41) is 18.5. The summed E-state index contributed by atoms with van der Waals surface area (Å²) in [5.41, 5.74) is 7.31. The second-order valence-electron chi connectivity index (χ2n) is 15.1. The van der Waals surface area contributed by atoms with Gasteiger partial charge < -0.3 is 18.0 Å². The molecule has 0 amide bonds. The van der Waals surface area contributed by atoms with Gasteiger partial charge in [-0.05, 0) is 84.8 Å². The van der Waals surface area contributed by atoms with E-state index in [1.165, 1.54) is 6.07 Å². The summed E-state index contributed by atoms with van der Waals surface area (Å²) < 4.78 is 62.2. The van der Waals surface area contributed by atoms with E-state index in [1.54, 1.807) is 25.1 Å². The van der Waals surface area contributed by atoms with Gasteiger partial charge in [-0.25, -0.2) is 0 Å². The number of halogens is 3. The van der Waals surface area contributed by atoms with Crippen LogP contribution in [0.1, 0.15) is 16.7 Å². The van der Waals surface area contributed by atoms with Crippen molar-refractivity contribution in [2.45, 2.75) is 13.1 Å². The van der Waals surface area contributed by atoms with Crippen LogP contribution in [-0.2, 0) is 6.18 Å². The first-order valence-electron chi connectivity index (χ1n) is 19.2. The summed E-state index contributed by atoms with van der Waals surface area (Å²) >= 11 is 0. The fourth-order valence-electron chi connectivity index (χ4n) is 9.53. The van der Waals surface area contributed by atoms with E-state index in [1.807, 2.05) is 103 Å². The minimum absolute atomic E-state index is 0.0329. The molecule has 0 saturated carbocycles. The molecule has 0 aliphatic rings. The number of fused-ring (bicyclic) bond motifs is 14. The number of nitriles is 1. The Morgan fingerprint density at radius 3 is 1.53 bits per heavy atom. The second-order valence-corrected chi connectivity index (χ2v) is 15.1. The average Bonchev–Trinajstić information content (AvgIpc) is 4.00. The summed E-state index contributed by atoms with van der Waals surface area (Å²) in [5.74, 6) is 0. The molecule has 0 bridgehead atoms. The highest BCUT2D eigenvalue weighted by Crippen LogP contribution is 2.48. The van der Waals surface area contributed by atoms with E-state index in [0.29, 0.717) is 28.1 Å². The first-order valence-corrected chi connectivity index (χ1v) is 19.2. The lowest BCUT2D eigenvalue weighted by Gasteiger charge is -2.22. The lowest BCUT2D eigenvalue weighted by Crippen LogP contribution is -2.10. The van der Waals surface area contributed by atoms with E-state index in [0.717, 1.165) is 82.4 Å². The number of alkyl halides is 3. The fourth-order valence-corrected chi connectivity index (χ4v) is 9.53. The third kappa shape index (κ3) is 4.55. The molecule has 0 saturated heterocycles. The number of benzene rings is 8. The molecule has 0 aliphatic heterocycles. The maximum Gasteiger partial charge on any atom is 0.417 e. The second kappa shape index (κ2) is 11.9. The van der Waals surface area contributed by atoms with Crippen molar-refractivity contribution in [2.24, 2.45) is 0 Å². The molecule has 0 spiro atoms. The Hall–Kier alpha value is -7.76. The number of hydrogen-bond donors (Lipinski definition) is 0. The molecule has 59 heavy (non-hydrogen) atoms. The monoisotopic (exact) mass is 771 g/mol. The maximum absolute atomic E-state index is 15.0. The average molecular weight is 772 g/mol. The van der Waals surface area contributed by atoms with Crippen LogP contribution < -0.4 is 0 Å². The topological polar surface area (TPSA) is 59.9 Å². The summed E-state index contributed by atoms with van der Waals surface area (Å²) in [6, 6.07) is 50.1. The lowest BCUT2D eigenvalue weighted by atomic mass is 9.90. The largest absolute Gasteiger partial charge is 0.456 e. The van der Waals surface area contributed by atoms with Gasteiger partial charge in [-0.1, -0.05) is 84.9 Å². The first-order chi connectivity index (χ1) is 28.8. The minimum atomic E-state index is -4.68. The van der Waals surface area contributed by atoms with Crippen molar-refractivity contribution in [1.29, 1.82) is 5.26 Å². The molecule has 12 rings (SSSR count). The van der Waals surface area contributed by atoms with Gasteiger partial charge in [0.25, 0.3) is 0 Å².